The molecule has 4 rings (SSSR count). The van der Waals surface area contributed by atoms with Crippen molar-refractivity contribution in [3.05, 3.63) is 66.6 Å². The summed E-state index contributed by atoms with van der Waals surface area (Å²) >= 11 is 0. The maximum atomic E-state index is 12.7. The summed E-state index contributed by atoms with van der Waals surface area (Å²) in [5.41, 5.74) is 2.02. The summed E-state index contributed by atoms with van der Waals surface area (Å²) < 4.78 is 1.97. The molecule has 0 bridgehead atoms. The molecule has 134 valence electrons. The molecule has 0 aliphatic heterocycles. The standard InChI is InChI=1S/C21H23N3O2/c25-18-11-16(12-18)19(13-17-6-3-4-9-22-17)23-21(26)14-24-10-8-15-5-1-2-7-20(15)24/h1-10,16,18-19,25H,11-14H2,(H,23,26). The van der Waals surface area contributed by atoms with Crippen LogP contribution in [0.25, 0.3) is 10.9 Å². The van der Waals surface area contributed by atoms with Gasteiger partial charge in [0.2, 0.25) is 5.91 Å². The Morgan fingerprint density at radius 2 is 2.00 bits per heavy atom. The van der Waals surface area contributed by atoms with Crippen molar-refractivity contribution in [1.82, 2.24) is 14.9 Å². The lowest BCUT2D eigenvalue weighted by Gasteiger charge is -2.38. The number of hydrogen-bond donors (Lipinski definition) is 2. The maximum absolute atomic E-state index is 12.7. The summed E-state index contributed by atoms with van der Waals surface area (Å²) in [6.07, 6.45) is 5.66. The maximum Gasteiger partial charge on any atom is 0.240 e. The predicted molar refractivity (Wildman–Crippen MR) is 101 cm³/mol. The first kappa shape index (κ1) is 16.8. The third-order valence-electron chi connectivity index (χ3n) is 5.21. The minimum absolute atomic E-state index is 0.00243. The van der Waals surface area contributed by atoms with Gasteiger partial charge in [-0.2, -0.15) is 0 Å². The van der Waals surface area contributed by atoms with Crippen LogP contribution in [-0.2, 0) is 17.8 Å². The van der Waals surface area contributed by atoms with Gasteiger partial charge in [0, 0.05) is 36.1 Å². The molecular weight excluding hydrogens is 326 g/mol. The van der Waals surface area contributed by atoms with Crippen LogP contribution in [0.1, 0.15) is 18.5 Å². The molecule has 1 aliphatic carbocycles. The van der Waals surface area contributed by atoms with Crippen LogP contribution in [0.2, 0.25) is 0 Å². The van der Waals surface area contributed by atoms with Crippen molar-refractivity contribution < 1.29 is 9.90 Å². The molecule has 1 amide bonds. The van der Waals surface area contributed by atoms with E-state index in [9.17, 15) is 9.90 Å². The van der Waals surface area contributed by atoms with Crippen LogP contribution in [-0.4, -0.2) is 32.7 Å². The molecule has 1 aliphatic rings. The van der Waals surface area contributed by atoms with Crippen molar-refractivity contribution in [3.8, 4) is 0 Å². The van der Waals surface area contributed by atoms with Gasteiger partial charge < -0.3 is 15.0 Å². The number of aliphatic hydroxyl groups excluding tert-OH is 1. The molecule has 2 N–H and O–H groups in total. The number of hydrogen-bond acceptors (Lipinski definition) is 3. The van der Waals surface area contributed by atoms with E-state index in [1.165, 1.54) is 0 Å². The summed E-state index contributed by atoms with van der Waals surface area (Å²) in [4.78, 5) is 17.0. The van der Waals surface area contributed by atoms with Crippen molar-refractivity contribution in [1.29, 1.82) is 0 Å². The number of aromatic nitrogens is 2. The van der Waals surface area contributed by atoms with Gasteiger partial charge in [-0.3, -0.25) is 9.78 Å². The van der Waals surface area contributed by atoms with Gasteiger partial charge in [-0.1, -0.05) is 24.3 Å². The number of carbonyl (C=O) groups is 1. The first-order chi connectivity index (χ1) is 12.7. The van der Waals surface area contributed by atoms with E-state index in [2.05, 4.69) is 10.3 Å². The molecule has 1 atom stereocenters. The van der Waals surface area contributed by atoms with Gasteiger partial charge in [0.15, 0.2) is 0 Å². The number of amides is 1. The Hall–Kier alpha value is -2.66. The van der Waals surface area contributed by atoms with Gasteiger partial charge >= 0.3 is 0 Å². The zero-order valence-corrected chi connectivity index (χ0v) is 14.6. The van der Waals surface area contributed by atoms with Gasteiger partial charge in [-0.25, -0.2) is 0 Å². The predicted octanol–water partition coefficient (Wildman–Crippen LogP) is 2.53. The molecule has 1 unspecified atom stereocenters. The molecule has 26 heavy (non-hydrogen) atoms. The molecule has 2 heterocycles. The van der Waals surface area contributed by atoms with Crippen LogP contribution in [0.15, 0.2) is 60.9 Å². The topological polar surface area (TPSA) is 67.2 Å². The number of rotatable bonds is 6. The van der Waals surface area contributed by atoms with Crippen LogP contribution in [0.5, 0.6) is 0 Å². The van der Waals surface area contributed by atoms with Crippen LogP contribution in [0.4, 0.5) is 0 Å². The third-order valence-corrected chi connectivity index (χ3v) is 5.21. The highest BCUT2D eigenvalue weighted by atomic mass is 16.3. The van der Waals surface area contributed by atoms with Crippen LogP contribution in [0, 0.1) is 5.92 Å². The molecule has 1 saturated carbocycles. The van der Waals surface area contributed by atoms with Crippen molar-refractivity contribution in [2.24, 2.45) is 5.92 Å². The van der Waals surface area contributed by atoms with E-state index in [0.717, 1.165) is 29.4 Å². The third kappa shape index (κ3) is 3.63. The van der Waals surface area contributed by atoms with Crippen LogP contribution in [0.3, 0.4) is 0 Å². The van der Waals surface area contributed by atoms with E-state index in [-0.39, 0.29) is 18.1 Å². The number of benzene rings is 1. The van der Waals surface area contributed by atoms with Gasteiger partial charge in [-0.15, -0.1) is 0 Å². The van der Waals surface area contributed by atoms with Crippen molar-refractivity contribution in [3.63, 3.8) is 0 Å². The number of aliphatic hydroxyl groups is 1. The summed E-state index contributed by atoms with van der Waals surface area (Å²) in [6.45, 7) is 0.293. The average Bonchev–Trinajstić information content (AvgIpc) is 3.02. The number of fused-ring (bicyclic) bond motifs is 1. The van der Waals surface area contributed by atoms with E-state index in [1.807, 2.05) is 59.3 Å². The SMILES string of the molecule is O=C(Cn1ccc2ccccc21)NC(Cc1ccccn1)C1CC(O)C1. The second kappa shape index (κ2) is 7.30. The second-order valence-electron chi connectivity index (χ2n) is 7.09. The highest BCUT2D eigenvalue weighted by Crippen LogP contribution is 2.31. The molecule has 1 fully saturated rings. The zero-order valence-electron chi connectivity index (χ0n) is 14.6. The number of nitrogens with zero attached hydrogens (tertiary/aromatic N) is 2. The van der Waals surface area contributed by atoms with Crippen LogP contribution >= 0.6 is 0 Å². The van der Waals surface area contributed by atoms with Crippen LogP contribution < -0.4 is 5.32 Å². The molecule has 1 aromatic carbocycles. The minimum Gasteiger partial charge on any atom is -0.393 e. The molecule has 0 spiro atoms. The first-order valence-corrected chi connectivity index (χ1v) is 9.10. The van der Waals surface area contributed by atoms with Crippen molar-refractivity contribution in [2.45, 2.75) is 38.0 Å². The Balaban J connectivity index is 1.45. The normalized spacial score (nSPS) is 20.5. The number of para-hydroxylation sites is 1. The largest absolute Gasteiger partial charge is 0.393 e. The monoisotopic (exact) mass is 349 g/mol. The van der Waals surface area contributed by atoms with E-state index in [0.29, 0.717) is 18.9 Å². The van der Waals surface area contributed by atoms with E-state index < -0.39 is 0 Å². The molecule has 2 aromatic heterocycles. The second-order valence-corrected chi connectivity index (χ2v) is 7.09. The molecule has 3 aromatic rings. The Kier molecular flexibility index (Phi) is 4.71. The molecule has 5 nitrogen and oxygen atoms in total. The van der Waals surface area contributed by atoms with Gasteiger partial charge in [-0.05, 0) is 48.4 Å². The highest BCUT2D eigenvalue weighted by Gasteiger charge is 2.35. The Bertz CT molecular complexity index is 884. The van der Waals surface area contributed by atoms with E-state index >= 15 is 0 Å². The average molecular weight is 349 g/mol. The number of pyridine rings is 1. The molecule has 0 radical (unpaired) electrons. The number of carbonyl (C=O) groups excluding carboxylic acids is 1. The van der Waals surface area contributed by atoms with Gasteiger partial charge in [0.05, 0.1) is 6.10 Å². The summed E-state index contributed by atoms with van der Waals surface area (Å²) in [6, 6.07) is 15.9. The fourth-order valence-electron chi connectivity index (χ4n) is 3.72. The van der Waals surface area contributed by atoms with Gasteiger partial charge in [0.25, 0.3) is 0 Å². The summed E-state index contributed by atoms with van der Waals surface area (Å²) in [7, 11) is 0. The fraction of sp³-hybridized carbons (Fsp3) is 0.333. The quantitative estimate of drug-likeness (QED) is 0.719. The van der Waals surface area contributed by atoms with Gasteiger partial charge in [0.1, 0.15) is 6.54 Å². The van der Waals surface area contributed by atoms with E-state index in [1.54, 1.807) is 6.20 Å². The summed E-state index contributed by atoms with van der Waals surface area (Å²) in [5.74, 6) is 0.297. The molecular formula is C21H23N3O2. The smallest absolute Gasteiger partial charge is 0.240 e. The zero-order chi connectivity index (χ0) is 17.9. The van der Waals surface area contributed by atoms with E-state index in [4.69, 9.17) is 0 Å². The summed E-state index contributed by atoms with van der Waals surface area (Å²) in [5, 5.41) is 14.0. The number of nitrogens with one attached hydrogen (secondary N) is 1. The Labute approximate surface area is 152 Å². The Morgan fingerprint density at radius 1 is 1.19 bits per heavy atom. The van der Waals surface area contributed by atoms with Crippen molar-refractivity contribution in [2.75, 3.05) is 0 Å². The lowest BCUT2D eigenvalue weighted by atomic mass is 9.76. The molecule has 0 saturated heterocycles. The Morgan fingerprint density at radius 3 is 2.77 bits per heavy atom. The molecule has 5 heteroatoms. The minimum atomic E-state index is -0.239. The lowest BCUT2D eigenvalue weighted by Crippen LogP contribution is -2.49. The highest BCUT2D eigenvalue weighted by molar-refractivity contribution is 5.83. The fourth-order valence-corrected chi connectivity index (χ4v) is 3.72. The first-order valence-electron chi connectivity index (χ1n) is 9.10. The lowest BCUT2D eigenvalue weighted by molar-refractivity contribution is -0.123. The van der Waals surface area contributed by atoms with Crippen molar-refractivity contribution >= 4 is 16.8 Å².